The predicted molar refractivity (Wildman–Crippen MR) is 292 cm³/mol. The molecule has 0 bridgehead atoms. The molecule has 0 aliphatic heterocycles. The van der Waals surface area contributed by atoms with E-state index in [9.17, 15) is 14.4 Å². The monoisotopic (exact) mass is 933 g/mol. The molecule has 0 aromatic carbocycles. The average Bonchev–Trinajstić information content (AvgIpc) is 3.34. The van der Waals surface area contributed by atoms with Crippen LogP contribution in [0.1, 0.15) is 181 Å². The maximum absolute atomic E-state index is 12.8. The molecule has 0 aromatic heterocycles. The molecule has 68 heavy (non-hydrogen) atoms. The zero-order valence-electron chi connectivity index (χ0n) is 42.8. The minimum atomic E-state index is -0.863. The van der Waals surface area contributed by atoms with Crippen molar-refractivity contribution in [3.8, 4) is 0 Å². The van der Waals surface area contributed by atoms with Gasteiger partial charge < -0.3 is 14.2 Å². The topological polar surface area (TPSA) is 78.9 Å². The van der Waals surface area contributed by atoms with Gasteiger partial charge in [-0.15, -0.1) is 0 Å². The number of rotatable bonds is 44. The lowest BCUT2D eigenvalue weighted by Gasteiger charge is -2.18. The summed E-state index contributed by atoms with van der Waals surface area (Å²) in [6.07, 6.45) is 80.7. The molecule has 0 aliphatic carbocycles. The lowest BCUT2D eigenvalue weighted by molar-refractivity contribution is -0.166. The van der Waals surface area contributed by atoms with Crippen LogP contribution in [0, 0.1) is 0 Å². The maximum Gasteiger partial charge on any atom is 0.306 e. The summed E-state index contributed by atoms with van der Waals surface area (Å²) in [5.74, 6) is -1.15. The molecule has 0 N–H and O–H groups in total. The van der Waals surface area contributed by atoms with Crippen LogP contribution >= 0.6 is 0 Å². The number of esters is 3. The summed E-state index contributed by atoms with van der Waals surface area (Å²) in [7, 11) is 0. The van der Waals surface area contributed by atoms with Gasteiger partial charge in [-0.3, -0.25) is 14.4 Å². The van der Waals surface area contributed by atoms with Crippen LogP contribution in [0.5, 0.6) is 0 Å². The molecule has 6 nitrogen and oxygen atoms in total. The van der Waals surface area contributed by atoms with E-state index in [1.54, 1.807) is 0 Å². The molecular weight excluding hydrogens is 841 g/mol. The normalized spacial score (nSPS) is 13.5. The molecule has 0 amide bonds. The standard InChI is InChI=1S/C62H92O6/c1-4-7-10-13-16-19-22-25-28-30-31-32-35-37-40-43-46-49-52-55-61(64)67-58-59(57-66-60(63)54-51-48-45-42-39-36-33-27-24-21-18-15-12-9-6-3)68-62(65)56-53-50-47-44-41-38-34-29-26-23-20-17-14-11-8-5-2/h7-12,15-21,24-26,28-29,31-32,37-38,40-41,46-47,49-50,59H,4-6,13-14,22-23,27,30,33-36,39,42-45,48,51-58H2,1-3H3/b10-7-,11-8-,12-9-,18-15-,19-16-,20-17-,24-21-,28-25-,29-26-,32-31-,40-37-,41-38-,49-46-,50-47-. The molecule has 0 aliphatic rings. The maximum atomic E-state index is 12.8. The van der Waals surface area contributed by atoms with Crippen LogP contribution in [0.3, 0.4) is 0 Å². The van der Waals surface area contributed by atoms with Gasteiger partial charge in [-0.1, -0.05) is 223 Å². The number of hydrogen-bond donors (Lipinski definition) is 0. The van der Waals surface area contributed by atoms with Crippen LogP contribution in [0.4, 0.5) is 0 Å². The van der Waals surface area contributed by atoms with E-state index in [1.165, 1.54) is 19.3 Å². The fraction of sp³-hybridized carbons (Fsp3) is 0.500. The molecule has 6 heteroatoms. The van der Waals surface area contributed by atoms with Gasteiger partial charge in [-0.05, 0) is 109 Å². The van der Waals surface area contributed by atoms with Crippen LogP contribution in [-0.2, 0) is 28.6 Å². The van der Waals surface area contributed by atoms with Gasteiger partial charge in [0.1, 0.15) is 13.2 Å². The summed E-state index contributed by atoms with van der Waals surface area (Å²) in [5.41, 5.74) is 0. The molecule has 0 fully saturated rings. The highest BCUT2D eigenvalue weighted by Gasteiger charge is 2.19. The van der Waals surface area contributed by atoms with Crippen molar-refractivity contribution in [3.63, 3.8) is 0 Å². The van der Waals surface area contributed by atoms with Crippen molar-refractivity contribution in [2.45, 2.75) is 187 Å². The van der Waals surface area contributed by atoms with E-state index in [0.717, 1.165) is 109 Å². The van der Waals surface area contributed by atoms with Gasteiger partial charge in [0.25, 0.3) is 0 Å². The van der Waals surface area contributed by atoms with Gasteiger partial charge in [-0.25, -0.2) is 0 Å². The fourth-order valence-electron chi connectivity index (χ4n) is 6.22. The Hall–Kier alpha value is -5.23. The summed E-state index contributed by atoms with van der Waals surface area (Å²) >= 11 is 0. The van der Waals surface area contributed by atoms with Gasteiger partial charge in [0.2, 0.25) is 0 Å². The SMILES string of the molecule is CC\C=C/C=C\C=C/CCCCCCCCCC(=O)OCC(COC(=O)CC/C=C\C/C=C\C/C=C\C/C=C\C/C=C\C/C=C\CC)OC(=O)CC/C=C\C/C=C\C/C=C\C/C=C\C/C=C\CC. The zero-order valence-corrected chi connectivity index (χ0v) is 42.8. The highest BCUT2D eigenvalue weighted by Crippen LogP contribution is 2.12. The van der Waals surface area contributed by atoms with Gasteiger partial charge in [-0.2, -0.15) is 0 Å². The van der Waals surface area contributed by atoms with Crippen molar-refractivity contribution in [3.05, 3.63) is 170 Å². The Kier molecular flexibility index (Phi) is 50.2. The van der Waals surface area contributed by atoms with E-state index < -0.39 is 12.1 Å². The Labute approximate surface area is 415 Å². The van der Waals surface area contributed by atoms with Crippen LogP contribution in [0.2, 0.25) is 0 Å². The molecule has 1 atom stereocenters. The minimum Gasteiger partial charge on any atom is -0.462 e. The van der Waals surface area contributed by atoms with E-state index in [0.29, 0.717) is 19.3 Å². The largest absolute Gasteiger partial charge is 0.462 e. The smallest absolute Gasteiger partial charge is 0.306 e. The second-order valence-electron chi connectivity index (χ2n) is 16.3. The van der Waals surface area contributed by atoms with E-state index in [1.807, 2.05) is 24.3 Å². The molecule has 0 aromatic rings. The molecule has 1 unspecified atom stereocenters. The van der Waals surface area contributed by atoms with Gasteiger partial charge >= 0.3 is 17.9 Å². The molecule has 0 heterocycles. The van der Waals surface area contributed by atoms with Crippen molar-refractivity contribution in [2.75, 3.05) is 13.2 Å². The Morgan fingerprint density at radius 3 is 1.04 bits per heavy atom. The molecule has 0 spiro atoms. The Balaban J connectivity index is 4.67. The van der Waals surface area contributed by atoms with E-state index >= 15 is 0 Å². The number of ether oxygens (including phenoxy) is 3. The number of carbonyl (C=O) groups excluding carboxylic acids is 3. The van der Waals surface area contributed by atoms with E-state index in [4.69, 9.17) is 14.2 Å². The Bertz CT molecular complexity index is 1640. The highest BCUT2D eigenvalue weighted by molar-refractivity contribution is 5.71. The van der Waals surface area contributed by atoms with Crippen LogP contribution in [-0.4, -0.2) is 37.2 Å². The minimum absolute atomic E-state index is 0.146. The van der Waals surface area contributed by atoms with Crippen LogP contribution in [0.25, 0.3) is 0 Å². The summed E-state index contributed by atoms with van der Waals surface area (Å²) < 4.78 is 16.6. The van der Waals surface area contributed by atoms with Crippen molar-refractivity contribution >= 4 is 17.9 Å². The van der Waals surface area contributed by atoms with E-state index in [2.05, 4.69) is 167 Å². The van der Waals surface area contributed by atoms with Crippen LogP contribution in [0.15, 0.2) is 170 Å². The molecule has 376 valence electrons. The second kappa shape index (κ2) is 54.4. The van der Waals surface area contributed by atoms with Crippen molar-refractivity contribution in [1.82, 2.24) is 0 Å². The average molecular weight is 933 g/mol. The third-order valence-electron chi connectivity index (χ3n) is 10.0. The Morgan fingerprint density at radius 1 is 0.309 bits per heavy atom. The summed E-state index contributed by atoms with van der Waals surface area (Å²) in [4.78, 5) is 38.0. The first kappa shape index (κ1) is 62.8. The fourth-order valence-corrected chi connectivity index (χ4v) is 6.22. The third kappa shape index (κ3) is 51.7. The molecule has 0 saturated carbocycles. The number of hydrogen-bond acceptors (Lipinski definition) is 6. The molecular formula is C62H92O6. The Morgan fingerprint density at radius 2 is 0.632 bits per heavy atom. The predicted octanol–water partition coefficient (Wildman–Crippen LogP) is 17.6. The third-order valence-corrected chi connectivity index (χ3v) is 10.0. The summed E-state index contributed by atoms with van der Waals surface area (Å²) in [6.45, 7) is 6.11. The first-order chi connectivity index (χ1) is 33.5. The highest BCUT2D eigenvalue weighted by atomic mass is 16.6. The molecule has 0 radical (unpaired) electrons. The van der Waals surface area contributed by atoms with E-state index in [-0.39, 0.29) is 38.0 Å². The molecule has 0 rings (SSSR count). The summed E-state index contributed by atoms with van der Waals surface area (Å²) in [5, 5.41) is 0. The number of carbonyl (C=O) groups is 3. The van der Waals surface area contributed by atoms with Crippen molar-refractivity contribution < 1.29 is 28.6 Å². The van der Waals surface area contributed by atoms with Gasteiger partial charge in [0.15, 0.2) is 6.10 Å². The lowest BCUT2D eigenvalue weighted by Crippen LogP contribution is -2.30. The quantitative estimate of drug-likeness (QED) is 0.0199. The second-order valence-corrected chi connectivity index (χ2v) is 16.3. The van der Waals surface area contributed by atoms with Crippen molar-refractivity contribution in [2.24, 2.45) is 0 Å². The number of allylic oxidation sites excluding steroid dienone is 28. The van der Waals surface area contributed by atoms with Crippen LogP contribution < -0.4 is 0 Å². The van der Waals surface area contributed by atoms with Gasteiger partial charge in [0.05, 0.1) is 0 Å². The number of unbranched alkanes of at least 4 members (excludes halogenated alkanes) is 7. The first-order valence-electron chi connectivity index (χ1n) is 26.2. The lowest BCUT2D eigenvalue weighted by atomic mass is 10.1. The first-order valence-corrected chi connectivity index (χ1v) is 26.2. The van der Waals surface area contributed by atoms with Crippen molar-refractivity contribution in [1.29, 1.82) is 0 Å². The van der Waals surface area contributed by atoms with Gasteiger partial charge in [0, 0.05) is 19.3 Å². The molecule has 0 saturated heterocycles. The summed E-state index contributed by atoms with van der Waals surface area (Å²) in [6, 6.07) is 0. The zero-order chi connectivity index (χ0) is 49.3.